The predicted molar refractivity (Wildman–Crippen MR) is 102 cm³/mol. The van der Waals surface area contributed by atoms with Gasteiger partial charge in [-0.25, -0.2) is 27.5 Å². The quantitative estimate of drug-likeness (QED) is 0.373. The van der Waals surface area contributed by atoms with E-state index in [0.29, 0.717) is 0 Å². The van der Waals surface area contributed by atoms with Crippen molar-refractivity contribution in [2.24, 2.45) is 0 Å². The molecule has 154 valence electrons. The van der Waals surface area contributed by atoms with Crippen LogP contribution in [-0.4, -0.2) is 48.6 Å². The van der Waals surface area contributed by atoms with Gasteiger partial charge in [0.1, 0.15) is 11.5 Å². The van der Waals surface area contributed by atoms with E-state index in [9.17, 15) is 22.8 Å². The van der Waals surface area contributed by atoms with Crippen LogP contribution in [0.5, 0.6) is 0 Å². The molecular formula is C16H16N4O7S2. The molecule has 0 aliphatic rings. The summed E-state index contributed by atoms with van der Waals surface area (Å²) in [6, 6.07) is 3.75. The van der Waals surface area contributed by atoms with E-state index in [1.165, 1.54) is 23.6 Å². The molecule has 0 saturated heterocycles. The lowest BCUT2D eigenvalue weighted by atomic mass is 10.2. The zero-order valence-electron chi connectivity index (χ0n) is 15.3. The van der Waals surface area contributed by atoms with E-state index >= 15 is 0 Å². The number of benzene rings is 1. The van der Waals surface area contributed by atoms with Crippen LogP contribution < -0.4 is 15.2 Å². The van der Waals surface area contributed by atoms with Crippen molar-refractivity contribution >= 4 is 33.8 Å². The van der Waals surface area contributed by atoms with Gasteiger partial charge in [0, 0.05) is 5.41 Å². The highest BCUT2D eigenvalue weighted by molar-refractivity contribution is 8.02. The Bertz CT molecular complexity index is 1140. The average Bonchev–Trinajstić information content (AvgIpc) is 3.01. The van der Waals surface area contributed by atoms with E-state index in [-0.39, 0.29) is 22.0 Å². The Kier molecular flexibility index (Phi) is 7.04. The molecule has 0 radical (unpaired) electrons. The molecule has 0 saturated carbocycles. The second kappa shape index (κ2) is 9.28. The number of methoxy groups -OCH3 is 1. The zero-order chi connectivity index (χ0) is 21.6. The minimum absolute atomic E-state index is 0.0458. The zero-order valence-corrected chi connectivity index (χ0v) is 16.9. The number of nitrogens with one attached hydrogen (secondary N) is 1. The molecule has 1 aromatic heterocycles. The van der Waals surface area contributed by atoms with Crippen LogP contribution in [-0.2, 0) is 14.8 Å². The predicted octanol–water partition coefficient (Wildman–Crippen LogP) is 0.617. The molecule has 1 heterocycles. The van der Waals surface area contributed by atoms with Crippen LogP contribution >= 0.6 is 11.8 Å². The highest BCUT2D eigenvalue weighted by Crippen LogP contribution is 2.17. The molecule has 0 bridgehead atoms. The lowest BCUT2D eigenvalue weighted by molar-refractivity contribution is 0.0596. The van der Waals surface area contributed by atoms with Gasteiger partial charge in [0.15, 0.2) is 0 Å². The summed E-state index contributed by atoms with van der Waals surface area (Å²) in [4.78, 5) is 41.2. The fourth-order valence-corrected chi connectivity index (χ4v) is 3.74. The van der Waals surface area contributed by atoms with Crippen molar-refractivity contribution in [2.45, 2.75) is 17.0 Å². The minimum atomic E-state index is -4.53. The van der Waals surface area contributed by atoms with E-state index in [0.717, 1.165) is 29.7 Å². The number of esters is 1. The first-order valence-electron chi connectivity index (χ1n) is 7.87. The summed E-state index contributed by atoms with van der Waals surface area (Å²) in [6.07, 6.45) is 0. The number of thioether (sulfide) groups is 1. The molecule has 13 heteroatoms. The number of amides is 1. The van der Waals surface area contributed by atoms with Crippen LogP contribution in [0.25, 0.3) is 0 Å². The van der Waals surface area contributed by atoms with Gasteiger partial charge in [0.25, 0.3) is 10.0 Å². The summed E-state index contributed by atoms with van der Waals surface area (Å²) >= 11 is 0.880. The monoisotopic (exact) mass is 440 g/mol. The van der Waals surface area contributed by atoms with Gasteiger partial charge in [-0.15, -0.1) is 20.2 Å². The molecule has 1 N–H and O–H groups in total. The lowest BCUT2D eigenvalue weighted by Gasteiger charge is -2.09. The summed E-state index contributed by atoms with van der Waals surface area (Å²) in [5, 5.41) is 5.07. The van der Waals surface area contributed by atoms with Crippen molar-refractivity contribution < 1.29 is 27.6 Å². The van der Waals surface area contributed by atoms with Crippen molar-refractivity contribution in [1.82, 2.24) is 19.2 Å². The Morgan fingerprint density at radius 2 is 2.07 bits per heavy atom. The molecule has 11 nitrogen and oxygen atoms in total. The van der Waals surface area contributed by atoms with Crippen molar-refractivity contribution in [2.75, 3.05) is 13.7 Å². The molecule has 0 spiro atoms. The molecule has 1 amide bonds. The van der Waals surface area contributed by atoms with E-state index in [1.807, 2.05) is 0 Å². The first-order valence-corrected chi connectivity index (χ1v) is 10.2. The number of nitrogens with zero attached hydrogens (tertiary/aromatic N) is 3. The van der Waals surface area contributed by atoms with Gasteiger partial charge in [0.05, 0.1) is 12.7 Å². The Hall–Kier alpha value is -3.28. The van der Waals surface area contributed by atoms with Crippen molar-refractivity contribution in [3.8, 4) is 0 Å². The van der Waals surface area contributed by atoms with E-state index in [1.54, 1.807) is 11.6 Å². The molecule has 2 rings (SSSR count). The number of rotatable bonds is 7. The van der Waals surface area contributed by atoms with E-state index in [4.69, 9.17) is 4.84 Å². The van der Waals surface area contributed by atoms with Crippen molar-refractivity contribution in [3.63, 3.8) is 0 Å². The molecule has 0 atom stereocenters. The third kappa shape index (κ3) is 4.77. The van der Waals surface area contributed by atoms with Crippen LogP contribution in [0.4, 0.5) is 4.79 Å². The molecule has 29 heavy (non-hydrogen) atoms. The van der Waals surface area contributed by atoms with Crippen LogP contribution in [0.3, 0.4) is 0 Å². The molecule has 0 aliphatic heterocycles. The van der Waals surface area contributed by atoms with Crippen LogP contribution in [0.15, 0.2) is 56.8 Å². The highest BCUT2D eigenvalue weighted by Gasteiger charge is 2.27. The largest absolute Gasteiger partial charge is 0.465 e. The van der Waals surface area contributed by atoms with E-state index < -0.39 is 32.6 Å². The Morgan fingerprint density at radius 1 is 1.38 bits per heavy atom. The van der Waals surface area contributed by atoms with Crippen molar-refractivity contribution in [3.05, 3.63) is 58.0 Å². The van der Waals surface area contributed by atoms with Gasteiger partial charge >= 0.3 is 17.7 Å². The summed E-state index contributed by atoms with van der Waals surface area (Å²) < 4.78 is 32.5. The summed E-state index contributed by atoms with van der Waals surface area (Å²) in [5.41, 5.74) is 1.14. The van der Waals surface area contributed by atoms with Gasteiger partial charge in [-0.1, -0.05) is 18.7 Å². The number of sulfonamides is 1. The second-order valence-electron chi connectivity index (χ2n) is 5.03. The first kappa shape index (κ1) is 22.0. The molecule has 0 unspecified atom stereocenters. The Labute approximate surface area is 169 Å². The van der Waals surface area contributed by atoms with E-state index in [2.05, 4.69) is 22.1 Å². The van der Waals surface area contributed by atoms with Crippen LogP contribution in [0, 0.1) is 0 Å². The minimum Gasteiger partial charge on any atom is -0.465 e. The smallest absolute Gasteiger partial charge is 0.388 e. The fourth-order valence-electron chi connectivity index (χ4n) is 2.07. The Morgan fingerprint density at radius 3 is 2.69 bits per heavy atom. The maximum absolute atomic E-state index is 12.6. The molecule has 1 aromatic carbocycles. The van der Waals surface area contributed by atoms with Crippen LogP contribution in [0.2, 0.25) is 0 Å². The van der Waals surface area contributed by atoms with Gasteiger partial charge in [0.2, 0.25) is 5.16 Å². The second-order valence-corrected chi connectivity index (χ2v) is 7.51. The Balaban J connectivity index is 2.43. The lowest BCUT2D eigenvalue weighted by Crippen LogP contribution is -2.41. The SMILES string of the molecule is C=C=CSc1nn(C(=O)NS(=O)(=O)c2ccccc2C(=O)OC)c(=O)n1OCC. The number of aromatic nitrogens is 3. The average molecular weight is 440 g/mol. The summed E-state index contributed by atoms with van der Waals surface area (Å²) in [6.45, 7) is 5.06. The fraction of sp³-hybridized carbons (Fsp3) is 0.188. The summed E-state index contributed by atoms with van der Waals surface area (Å²) in [5.74, 6) is -0.911. The first-order chi connectivity index (χ1) is 13.8. The topological polar surface area (TPSA) is 139 Å². The molecular weight excluding hydrogens is 424 g/mol. The number of hydrogen-bond acceptors (Lipinski definition) is 9. The van der Waals surface area contributed by atoms with Gasteiger partial charge in [-0.3, -0.25) is 0 Å². The van der Waals surface area contributed by atoms with Gasteiger partial charge in [-0.2, -0.15) is 0 Å². The maximum Gasteiger partial charge on any atom is 0.388 e. The summed E-state index contributed by atoms with van der Waals surface area (Å²) in [7, 11) is -3.45. The van der Waals surface area contributed by atoms with Gasteiger partial charge < -0.3 is 9.57 Å². The number of carbonyl (C=O) groups excluding carboxylic acids is 2. The number of hydrogen-bond donors (Lipinski definition) is 1. The van der Waals surface area contributed by atoms with Crippen LogP contribution in [0.1, 0.15) is 17.3 Å². The number of ether oxygens (including phenoxy) is 1. The standard InChI is InChI=1S/C16H16N4O7S2/c1-4-10-28-15-17-19(16(23)20(15)27-5-2)14(22)18-29(24,25)12-9-7-6-8-11(12)13(21)26-3/h6-10H,1,5H2,2-3H3,(H,18,22). The third-order valence-corrected chi connectivity index (χ3v) is 5.34. The highest BCUT2D eigenvalue weighted by atomic mass is 32.2. The molecule has 0 fully saturated rings. The van der Waals surface area contributed by atoms with Gasteiger partial charge in [-0.05, 0) is 30.8 Å². The molecule has 2 aromatic rings. The van der Waals surface area contributed by atoms with Crippen molar-refractivity contribution in [1.29, 1.82) is 0 Å². The third-order valence-electron chi connectivity index (χ3n) is 3.22. The maximum atomic E-state index is 12.6. The molecule has 0 aliphatic carbocycles. The normalized spacial score (nSPS) is 10.7. The number of carbonyl (C=O) groups is 2.